The van der Waals surface area contributed by atoms with Crippen LogP contribution in [-0.2, 0) is 9.53 Å². The highest BCUT2D eigenvalue weighted by Gasteiger charge is 2.58. The second kappa shape index (κ2) is 2.86. The van der Waals surface area contributed by atoms with Crippen LogP contribution in [0.15, 0.2) is 24.3 Å². The fourth-order valence-electron chi connectivity index (χ4n) is 4.40. The van der Waals surface area contributed by atoms with Crippen molar-refractivity contribution >= 4 is 5.78 Å². The van der Waals surface area contributed by atoms with Crippen molar-refractivity contribution < 1.29 is 9.53 Å². The Balaban J connectivity index is 1.83. The molecule has 4 rings (SSSR count). The lowest BCUT2D eigenvalue weighted by Crippen LogP contribution is -2.47. The molecule has 0 aromatic rings. The Morgan fingerprint density at radius 3 is 3.00 bits per heavy atom. The van der Waals surface area contributed by atoms with Crippen molar-refractivity contribution in [1.82, 2.24) is 0 Å². The van der Waals surface area contributed by atoms with Crippen molar-refractivity contribution in [3.8, 4) is 0 Å². The fourth-order valence-corrected chi connectivity index (χ4v) is 4.40. The number of ether oxygens (including phenoxy) is 1. The Kier molecular flexibility index (Phi) is 1.64. The molecule has 3 aliphatic carbocycles. The smallest absolute Gasteiger partial charge is 0.159 e. The van der Waals surface area contributed by atoms with Crippen molar-refractivity contribution in [2.24, 2.45) is 23.7 Å². The molecule has 1 spiro atoms. The Morgan fingerprint density at radius 1 is 1.31 bits per heavy atom. The summed E-state index contributed by atoms with van der Waals surface area (Å²) in [7, 11) is 0. The molecule has 0 N–H and O–H groups in total. The van der Waals surface area contributed by atoms with E-state index in [0.717, 1.165) is 19.4 Å². The molecule has 4 aliphatic rings. The van der Waals surface area contributed by atoms with Crippen LogP contribution in [0.25, 0.3) is 0 Å². The summed E-state index contributed by atoms with van der Waals surface area (Å²) in [4.78, 5) is 12.0. The minimum Gasteiger partial charge on any atom is -0.371 e. The Labute approximate surface area is 95.4 Å². The van der Waals surface area contributed by atoms with Gasteiger partial charge < -0.3 is 4.74 Å². The quantitative estimate of drug-likeness (QED) is 0.580. The van der Waals surface area contributed by atoms with Crippen LogP contribution in [0, 0.1) is 23.7 Å². The summed E-state index contributed by atoms with van der Waals surface area (Å²) >= 11 is 0. The molecule has 5 atom stereocenters. The maximum absolute atomic E-state index is 12.0. The van der Waals surface area contributed by atoms with E-state index in [1.54, 1.807) is 6.08 Å². The van der Waals surface area contributed by atoms with Gasteiger partial charge in [0.2, 0.25) is 0 Å². The highest BCUT2D eigenvalue weighted by atomic mass is 16.5. The van der Waals surface area contributed by atoms with Gasteiger partial charge in [-0.25, -0.2) is 0 Å². The maximum Gasteiger partial charge on any atom is 0.159 e. The first-order valence-electron chi connectivity index (χ1n) is 6.36. The van der Waals surface area contributed by atoms with E-state index in [0.29, 0.717) is 23.5 Å². The number of allylic oxidation sites excluding steroid dienone is 3. The third kappa shape index (κ3) is 0.945. The molecule has 2 bridgehead atoms. The van der Waals surface area contributed by atoms with Gasteiger partial charge in [-0.1, -0.05) is 12.2 Å². The zero-order valence-electron chi connectivity index (χ0n) is 9.26. The van der Waals surface area contributed by atoms with E-state index in [1.807, 2.05) is 0 Å². The first kappa shape index (κ1) is 9.17. The first-order valence-corrected chi connectivity index (χ1v) is 6.36. The average molecular weight is 216 g/mol. The molecule has 0 aromatic carbocycles. The maximum atomic E-state index is 12.0. The predicted molar refractivity (Wildman–Crippen MR) is 59.8 cm³/mol. The van der Waals surface area contributed by atoms with E-state index < -0.39 is 0 Å². The molecule has 1 heterocycles. The van der Waals surface area contributed by atoms with Crippen molar-refractivity contribution in [3.05, 3.63) is 24.3 Å². The van der Waals surface area contributed by atoms with Gasteiger partial charge >= 0.3 is 0 Å². The monoisotopic (exact) mass is 216 g/mol. The second-order valence-corrected chi connectivity index (χ2v) is 5.64. The highest BCUT2D eigenvalue weighted by Crippen LogP contribution is 2.57. The Hall–Kier alpha value is -0.890. The van der Waals surface area contributed by atoms with Gasteiger partial charge in [-0.05, 0) is 43.3 Å². The lowest BCUT2D eigenvalue weighted by Gasteiger charge is -2.42. The topological polar surface area (TPSA) is 26.3 Å². The molecule has 2 fully saturated rings. The third-order valence-corrected chi connectivity index (χ3v) is 4.96. The molecule has 0 radical (unpaired) electrons. The van der Waals surface area contributed by atoms with Gasteiger partial charge in [0.05, 0.1) is 5.60 Å². The molecule has 2 unspecified atom stereocenters. The lowest BCUT2D eigenvalue weighted by atomic mass is 9.66. The summed E-state index contributed by atoms with van der Waals surface area (Å²) in [6.45, 7) is 0.864. The summed E-state index contributed by atoms with van der Waals surface area (Å²) in [5.41, 5.74) is -0.0945. The van der Waals surface area contributed by atoms with E-state index in [-0.39, 0.29) is 11.5 Å². The summed E-state index contributed by atoms with van der Waals surface area (Å²) < 4.78 is 6.02. The van der Waals surface area contributed by atoms with Gasteiger partial charge in [0.15, 0.2) is 5.78 Å². The van der Waals surface area contributed by atoms with Crippen LogP contribution in [-0.4, -0.2) is 18.0 Å². The van der Waals surface area contributed by atoms with Crippen LogP contribution in [0.4, 0.5) is 0 Å². The zero-order valence-corrected chi connectivity index (χ0v) is 9.26. The normalized spacial score (nSPS) is 52.9. The molecule has 0 amide bonds. The molecule has 0 aromatic heterocycles. The number of carbonyl (C=O) groups is 1. The number of carbonyl (C=O) groups excluding carboxylic acids is 1. The van der Waals surface area contributed by atoms with Crippen LogP contribution in [0.5, 0.6) is 0 Å². The summed E-state index contributed by atoms with van der Waals surface area (Å²) in [6.07, 6.45) is 11.9. The summed E-state index contributed by atoms with van der Waals surface area (Å²) in [5, 5.41) is 0. The Morgan fingerprint density at radius 2 is 2.19 bits per heavy atom. The molecule has 1 aliphatic heterocycles. The lowest BCUT2D eigenvalue weighted by molar-refractivity contribution is -0.126. The van der Waals surface area contributed by atoms with Crippen molar-refractivity contribution in [1.29, 1.82) is 0 Å². The van der Waals surface area contributed by atoms with Crippen LogP contribution < -0.4 is 0 Å². The van der Waals surface area contributed by atoms with E-state index in [2.05, 4.69) is 18.2 Å². The molecule has 2 heteroatoms. The predicted octanol–water partition coefficient (Wildman–Crippen LogP) is 2.11. The van der Waals surface area contributed by atoms with E-state index in [9.17, 15) is 4.79 Å². The zero-order chi connectivity index (χ0) is 10.8. The number of ketones is 1. The third-order valence-electron chi connectivity index (χ3n) is 4.96. The van der Waals surface area contributed by atoms with Gasteiger partial charge in [-0.3, -0.25) is 4.79 Å². The largest absolute Gasteiger partial charge is 0.371 e. The van der Waals surface area contributed by atoms with Gasteiger partial charge in [0.1, 0.15) is 0 Å². The average Bonchev–Trinajstić information content (AvgIpc) is 2.99. The van der Waals surface area contributed by atoms with Crippen LogP contribution in [0.3, 0.4) is 0 Å². The molecule has 1 saturated heterocycles. The van der Waals surface area contributed by atoms with Crippen LogP contribution >= 0.6 is 0 Å². The second-order valence-electron chi connectivity index (χ2n) is 5.64. The standard InChI is InChI=1S/C14H16O2/c15-11-4-6-14(5-1-7-16-14)13-10-3-2-9(8-10)12(11)13/h2-4,6,9-10,12-13H,1,5,7-8H2/t9?,10?,12-,13-,14+/m0/s1. The number of hydrogen-bond donors (Lipinski definition) is 0. The summed E-state index contributed by atoms with van der Waals surface area (Å²) in [5.74, 6) is 2.07. The van der Waals surface area contributed by atoms with Crippen LogP contribution in [0.2, 0.25) is 0 Å². The first-order chi connectivity index (χ1) is 7.80. The molecule has 2 nitrogen and oxygen atoms in total. The van der Waals surface area contributed by atoms with Crippen molar-refractivity contribution in [2.45, 2.75) is 24.9 Å². The van der Waals surface area contributed by atoms with Gasteiger partial charge in [0.25, 0.3) is 0 Å². The number of hydrogen-bond acceptors (Lipinski definition) is 2. The Bertz CT molecular complexity index is 401. The molecule has 16 heavy (non-hydrogen) atoms. The fraction of sp³-hybridized carbons (Fsp3) is 0.643. The molecule has 1 saturated carbocycles. The van der Waals surface area contributed by atoms with E-state index in [1.165, 1.54) is 6.42 Å². The SMILES string of the molecule is O=C1C=C[C@]2(CCCO2)[C@H]2C3C=CC(C3)[C@@H]12. The van der Waals surface area contributed by atoms with E-state index in [4.69, 9.17) is 4.74 Å². The molecular formula is C14H16O2. The minimum absolute atomic E-state index is 0.0945. The van der Waals surface area contributed by atoms with E-state index >= 15 is 0 Å². The van der Waals surface area contributed by atoms with Crippen LogP contribution in [0.1, 0.15) is 19.3 Å². The molecular weight excluding hydrogens is 200 g/mol. The van der Waals surface area contributed by atoms with Gasteiger partial charge in [-0.15, -0.1) is 0 Å². The molecule has 84 valence electrons. The van der Waals surface area contributed by atoms with Gasteiger partial charge in [-0.2, -0.15) is 0 Å². The number of fused-ring (bicyclic) bond motifs is 6. The van der Waals surface area contributed by atoms with Crippen molar-refractivity contribution in [3.63, 3.8) is 0 Å². The van der Waals surface area contributed by atoms with Gasteiger partial charge in [0, 0.05) is 18.4 Å². The highest BCUT2D eigenvalue weighted by molar-refractivity contribution is 5.94. The van der Waals surface area contributed by atoms with Crippen molar-refractivity contribution in [2.75, 3.05) is 6.61 Å². The number of rotatable bonds is 0. The minimum atomic E-state index is -0.0945. The summed E-state index contributed by atoms with van der Waals surface area (Å²) in [6, 6.07) is 0.